The molecular weight excluding hydrogens is 216 g/mol. The number of rotatable bonds is 6. The van der Waals surface area contributed by atoms with E-state index in [9.17, 15) is 4.79 Å². The Labute approximate surface area is 101 Å². The lowest BCUT2D eigenvalue weighted by atomic mass is 10.1. The molecule has 1 aromatic carbocycles. The van der Waals surface area contributed by atoms with Gasteiger partial charge in [0, 0.05) is 13.2 Å². The second kappa shape index (κ2) is 7.41. The SMILES string of the molecule is COCCC(/C=C/C(=O)O)=C\c1ccccc1. The lowest BCUT2D eigenvalue weighted by Gasteiger charge is -2.01. The van der Waals surface area contributed by atoms with Gasteiger partial charge in [-0.05, 0) is 17.6 Å². The molecule has 1 rings (SSSR count). The highest BCUT2D eigenvalue weighted by Gasteiger charge is 1.96. The average Bonchev–Trinajstić information content (AvgIpc) is 2.34. The molecule has 0 aliphatic rings. The number of ether oxygens (including phenoxy) is 1. The smallest absolute Gasteiger partial charge is 0.328 e. The molecule has 0 fully saturated rings. The second-order valence-corrected chi connectivity index (χ2v) is 3.54. The Kier molecular flexibility index (Phi) is 5.75. The predicted molar refractivity (Wildman–Crippen MR) is 67.7 cm³/mol. The number of benzene rings is 1. The fraction of sp³-hybridized carbons (Fsp3) is 0.214. The molecule has 0 aromatic heterocycles. The van der Waals surface area contributed by atoms with Gasteiger partial charge in [-0.2, -0.15) is 0 Å². The van der Waals surface area contributed by atoms with Crippen molar-refractivity contribution in [1.29, 1.82) is 0 Å². The number of hydrogen-bond donors (Lipinski definition) is 1. The monoisotopic (exact) mass is 232 g/mol. The zero-order valence-corrected chi connectivity index (χ0v) is 9.80. The maximum atomic E-state index is 10.5. The third-order valence-corrected chi connectivity index (χ3v) is 2.19. The van der Waals surface area contributed by atoms with Crippen LogP contribution in [0.15, 0.2) is 48.1 Å². The van der Waals surface area contributed by atoms with Gasteiger partial charge in [-0.1, -0.05) is 42.5 Å². The Hall–Kier alpha value is -1.87. The summed E-state index contributed by atoms with van der Waals surface area (Å²) < 4.78 is 4.99. The Morgan fingerprint density at radius 1 is 1.29 bits per heavy atom. The van der Waals surface area contributed by atoms with Crippen LogP contribution in [-0.2, 0) is 9.53 Å². The molecule has 0 amide bonds. The Bertz CT molecular complexity index is 405. The lowest BCUT2D eigenvalue weighted by molar-refractivity contribution is -0.131. The molecule has 0 radical (unpaired) electrons. The van der Waals surface area contributed by atoms with Crippen molar-refractivity contribution < 1.29 is 14.6 Å². The highest BCUT2D eigenvalue weighted by atomic mass is 16.5. The van der Waals surface area contributed by atoms with Gasteiger partial charge < -0.3 is 9.84 Å². The standard InChI is InChI=1S/C14H16O3/c1-17-10-9-13(7-8-14(15)16)11-12-5-3-2-4-6-12/h2-8,11H,9-10H2,1H3,(H,15,16)/b8-7+,13-11-. The van der Waals surface area contributed by atoms with Gasteiger partial charge in [0.05, 0.1) is 6.61 Å². The van der Waals surface area contributed by atoms with Crippen molar-refractivity contribution in [2.24, 2.45) is 0 Å². The van der Waals surface area contributed by atoms with Gasteiger partial charge in [-0.15, -0.1) is 0 Å². The van der Waals surface area contributed by atoms with Crippen molar-refractivity contribution in [3.63, 3.8) is 0 Å². The molecule has 3 nitrogen and oxygen atoms in total. The molecule has 90 valence electrons. The number of carboxylic acid groups (broad SMARTS) is 1. The van der Waals surface area contributed by atoms with Crippen molar-refractivity contribution in [2.75, 3.05) is 13.7 Å². The van der Waals surface area contributed by atoms with E-state index in [4.69, 9.17) is 9.84 Å². The van der Waals surface area contributed by atoms with Crippen LogP contribution >= 0.6 is 0 Å². The van der Waals surface area contributed by atoms with E-state index in [0.29, 0.717) is 13.0 Å². The molecule has 3 heteroatoms. The van der Waals surface area contributed by atoms with Crippen LogP contribution in [0.1, 0.15) is 12.0 Å². The molecule has 0 heterocycles. The van der Waals surface area contributed by atoms with Crippen molar-refractivity contribution in [3.05, 3.63) is 53.6 Å². The van der Waals surface area contributed by atoms with Crippen LogP contribution in [0.25, 0.3) is 6.08 Å². The van der Waals surface area contributed by atoms with Gasteiger partial charge in [0.15, 0.2) is 0 Å². The molecule has 17 heavy (non-hydrogen) atoms. The predicted octanol–water partition coefficient (Wildman–Crippen LogP) is 2.75. The minimum absolute atomic E-state index is 0.572. The van der Waals surface area contributed by atoms with Crippen molar-refractivity contribution >= 4 is 12.0 Å². The highest BCUT2D eigenvalue weighted by Crippen LogP contribution is 2.11. The summed E-state index contributed by atoms with van der Waals surface area (Å²) in [7, 11) is 1.63. The minimum atomic E-state index is -0.943. The van der Waals surface area contributed by atoms with E-state index in [0.717, 1.165) is 17.2 Å². The van der Waals surface area contributed by atoms with Crippen LogP contribution < -0.4 is 0 Å². The summed E-state index contributed by atoms with van der Waals surface area (Å²) in [4.78, 5) is 10.5. The van der Waals surface area contributed by atoms with Gasteiger partial charge in [0.25, 0.3) is 0 Å². The maximum Gasteiger partial charge on any atom is 0.328 e. The first-order valence-electron chi connectivity index (χ1n) is 5.38. The molecular formula is C14H16O3. The first-order valence-corrected chi connectivity index (χ1v) is 5.38. The number of hydrogen-bond acceptors (Lipinski definition) is 2. The summed E-state index contributed by atoms with van der Waals surface area (Å²) >= 11 is 0. The Balaban J connectivity index is 2.81. The number of methoxy groups -OCH3 is 1. The van der Waals surface area contributed by atoms with Crippen molar-refractivity contribution in [2.45, 2.75) is 6.42 Å². The summed E-state index contributed by atoms with van der Waals surface area (Å²) in [5.74, 6) is -0.943. The van der Waals surface area contributed by atoms with Crippen LogP contribution in [0.3, 0.4) is 0 Å². The summed E-state index contributed by atoms with van der Waals surface area (Å²) in [5.41, 5.74) is 1.98. The normalized spacial score (nSPS) is 11.9. The van der Waals surface area contributed by atoms with Gasteiger partial charge >= 0.3 is 5.97 Å². The van der Waals surface area contributed by atoms with E-state index in [-0.39, 0.29) is 0 Å². The van der Waals surface area contributed by atoms with E-state index < -0.39 is 5.97 Å². The number of allylic oxidation sites excluding steroid dienone is 1. The molecule has 0 saturated heterocycles. The quantitative estimate of drug-likeness (QED) is 0.606. The minimum Gasteiger partial charge on any atom is -0.478 e. The van der Waals surface area contributed by atoms with E-state index in [1.807, 2.05) is 36.4 Å². The molecule has 0 aliphatic carbocycles. The lowest BCUT2D eigenvalue weighted by Crippen LogP contribution is -1.92. The molecule has 1 N–H and O–H groups in total. The van der Waals surface area contributed by atoms with Crippen molar-refractivity contribution in [1.82, 2.24) is 0 Å². The van der Waals surface area contributed by atoms with Crippen LogP contribution in [0, 0.1) is 0 Å². The molecule has 0 aliphatic heterocycles. The van der Waals surface area contributed by atoms with E-state index >= 15 is 0 Å². The van der Waals surface area contributed by atoms with Gasteiger partial charge in [-0.25, -0.2) is 4.79 Å². The zero-order valence-electron chi connectivity index (χ0n) is 9.80. The third kappa shape index (κ3) is 5.68. The van der Waals surface area contributed by atoms with Crippen molar-refractivity contribution in [3.8, 4) is 0 Å². The molecule has 1 aromatic rings. The fourth-order valence-corrected chi connectivity index (χ4v) is 1.37. The topological polar surface area (TPSA) is 46.5 Å². The van der Waals surface area contributed by atoms with Crippen LogP contribution in [0.4, 0.5) is 0 Å². The van der Waals surface area contributed by atoms with Crippen LogP contribution in [0.5, 0.6) is 0 Å². The van der Waals surface area contributed by atoms with E-state index in [1.54, 1.807) is 13.2 Å². The number of carboxylic acids is 1. The highest BCUT2D eigenvalue weighted by molar-refractivity contribution is 5.80. The average molecular weight is 232 g/mol. The van der Waals surface area contributed by atoms with Gasteiger partial charge in [0.1, 0.15) is 0 Å². The largest absolute Gasteiger partial charge is 0.478 e. The maximum absolute atomic E-state index is 10.5. The zero-order chi connectivity index (χ0) is 12.5. The number of aliphatic carboxylic acids is 1. The summed E-state index contributed by atoms with van der Waals surface area (Å²) in [6, 6.07) is 9.78. The summed E-state index contributed by atoms with van der Waals surface area (Å²) in [6.45, 7) is 0.572. The molecule has 0 spiro atoms. The number of carbonyl (C=O) groups is 1. The molecule has 0 saturated carbocycles. The molecule has 0 unspecified atom stereocenters. The molecule has 0 atom stereocenters. The first-order chi connectivity index (χ1) is 8.22. The third-order valence-electron chi connectivity index (χ3n) is 2.19. The summed E-state index contributed by atoms with van der Waals surface area (Å²) in [6.07, 6.45) is 5.40. The Morgan fingerprint density at radius 2 is 2.00 bits per heavy atom. The van der Waals surface area contributed by atoms with Crippen LogP contribution in [0.2, 0.25) is 0 Å². The van der Waals surface area contributed by atoms with E-state index in [1.165, 1.54) is 0 Å². The fourth-order valence-electron chi connectivity index (χ4n) is 1.37. The first kappa shape index (κ1) is 13.2. The second-order valence-electron chi connectivity index (χ2n) is 3.54. The van der Waals surface area contributed by atoms with Crippen LogP contribution in [-0.4, -0.2) is 24.8 Å². The Morgan fingerprint density at radius 3 is 2.59 bits per heavy atom. The van der Waals surface area contributed by atoms with Gasteiger partial charge in [0.2, 0.25) is 0 Å². The van der Waals surface area contributed by atoms with Gasteiger partial charge in [-0.3, -0.25) is 0 Å². The summed E-state index contributed by atoms with van der Waals surface area (Å²) in [5, 5.41) is 8.61. The van der Waals surface area contributed by atoms with E-state index in [2.05, 4.69) is 0 Å². The molecule has 0 bridgehead atoms.